The number of hydrogen-bond acceptors (Lipinski definition) is 2. The highest BCUT2D eigenvalue weighted by atomic mass is 16.2. The standard InChI is InChI=1S/C35H34N2O2/c1-25(28-16-8-4-9-17-28)36-32-22-30-20-12-13-21-31(30)24-35(34(36)39,23-27-14-6-3-7-15-27)37(33(32)38)26(2)29-18-10-5-11-19-29/h3-21,25-26,32H,22-24H2,1-2H3/t25-,26-,32-,35-/m0/s1. The third kappa shape index (κ3) is 4.34. The van der Waals surface area contributed by atoms with Crippen molar-refractivity contribution >= 4 is 11.8 Å². The van der Waals surface area contributed by atoms with E-state index in [2.05, 4.69) is 62.4 Å². The average Bonchev–Trinajstić information content (AvgIpc) is 2.97. The fourth-order valence-corrected chi connectivity index (χ4v) is 6.71. The van der Waals surface area contributed by atoms with Crippen molar-refractivity contribution in [1.29, 1.82) is 0 Å². The van der Waals surface area contributed by atoms with Crippen LogP contribution in [-0.4, -0.2) is 33.2 Å². The first-order chi connectivity index (χ1) is 19.0. The number of rotatable bonds is 6. The van der Waals surface area contributed by atoms with Crippen molar-refractivity contribution in [2.45, 2.75) is 56.8 Å². The maximum absolute atomic E-state index is 15.1. The van der Waals surface area contributed by atoms with Gasteiger partial charge in [0.2, 0.25) is 11.8 Å². The van der Waals surface area contributed by atoms with Gasteiger partial charge in [0.1, 0.15) is 11.6 Å². The summed E-state index contributed by atoms with van der Waals surface area (Å²) >= 11 is 0. The van der Waals surface area contributed by atoms with Crippen LogP contribution in [0.3, 0.4) is 0 Å². The first-order valence-corrected chi connectivity index (χ1v) is 13.9. The molecule has 0 N–H and O–H groups in total. The first-order valence-electron chi connectivity index (χ1n) is 13.9. The van der Waals surface area contributed by atoms with Crippen molar-refractivity contribution in [2.24, 2.45) is 0 Å². The summed E-state index contributed by atoms with van der Waals surface area (Å²) in [4.78, 5) is 33.8. The quantitative estimate of drug-likeness (QED) is 0.302. The van der Waals surface area contributed by atoms with Crippen molar-refractivity contribution in [1.82, 2.24) is 9.80 Å². The van der Waals surface area contributed by atoms with Crippen LogP contribution in [0.5, 0.6) is 0 Å². The van der Waals surface area contributed by atoms with E-state index in [4.69, 9.17) is 0 Å². The molecule has 196 valence electrons. The van der Waals surface area contributed by atoms with Crippen molar-refractivity contribution in [3.63, 3.8) is 0 Å². The molecule has 0 saturated carbocycles. The second-order valence-electron chi connectivity index (χ2n) is 11.0. The molecular formula is C35H34N2O2. The Labute approximate surface area is 230 Å². The van der Waals surface area contributed by atoms with Gasteiger partial charge < -0.3 is 9.80 Å². The lowest BCUT2D eigenvalue weighted by Gasteiger charge is -2.57. The lowest BCUT2D eigenvalue weighted by molar-refractivity contribution is -0.178. The molecule has 0 spiro atoms. The van der Waals surface area contributed by atoms with Gasteiger partial charge >= 0.3 is 0 Å². The van der Waals surface area contributed by atoms with Crippen LogP contribution in [0.4, 0.5) is 0 Å². The molecule has 3 heterocycles. The van der Waals surface area contributed by atoms with Crippen molar-refractivity contribution in [3.8, 4) is 0 Å². The fourth-order valence-electron chi connectivity index (χ4n) is 6.71. The topological polar surface area (TPSA) is 40.6 Å². The van der Waals surface area contributed by atoms with Crippen LogP contribution in [0.2, 0.25) is 0 Å². The largest absolute Gasteiger partial charge is 0.321 e. The fraction of sp³-hybridized carbons (Fsp3) is 0.257. The monoisotopic (exact) mass is 514 g/mol. The van der Waals surface area contributed by atoms with Crippen molar-refractivity contribution in [2.75, 3.05) is 0 Å². The molecule has 0 aromatic heterocycles. The van der Waals surface area contributed by atoms with E-state index in [9.17, 15) is 4.79 Å². The van der Waals surface area contributed by atoms with Crippen molar-refractivity contribution < 1.29 is 9.59 Å². The zero-order valence-electron chi connectivity index (χ0n) is 22.5. The van der Waals surface area contributed by atoms with Gasteiger partial charge in [-0.15, -0.1) is 0 Å². The summed E-state index contributed by atoms with van der Waals surface area (Å²) in [5, 5.41) is 0. The van der Waals surface area contributed by atoms with Crippen LogP contribution in [0.1, 0.15) is 53.7 Å². The zero-order chi connectivity index (χ0) is 27.0. The molecule has 2 amide bonds. The SMILES string of the molecule is C[C@@H](c1ccccc1)N1C(=O)[C@]2(Cc3ccccc3)Cc3ccccc3C[C@H]1C(=O)N2[C@@H](C)c1ccccc1. The van der Waals surface area contributed by atoms with Crippen LogP contribution >= 0.6 is 0 Å². The van der Waals surface area contributed by atoms with Crippen LogP contribution in [0.15, 0.2) is 115 Å². The third-order valence-electron chi connectivity index (χ3n) is 8.67. The van der Waals surface area contributed by atoms with Gasteiger partial charge in [-0.3, -0.25) is 9.59 Å². The normalized spacial score (nSPS) is 22.2. The highest BCUT2D eigenvalue weighted by molar-refractivity contribution is 6.01. The number of nitrogens with zero attached hydrogens (tertiary/aromatic N) is 2. The maximum atomic E-state index is 15.1. The number of carbonyl (C=O) groups excluding carboxylic acids is 2. The van der Waals surface area contributed by atoms with Crippen LogP contribution in [-0.2, 0) is 28.9 Å². The first kappa shape index (κ1) is 25.1. The average molecular weight is 515 g/mol. The second kappa shape index (κ2) is 10.2. The van der Waals surface area contributed by atoms with Gasteiger partial charge in [0.15, 0.2) is 0 Å². The summed E-state index contributed by atoms with van der Waals surface area (Å²) in [5.41, 5.74) is 4.36. The number of benzene rings is 4. The van der Waals surface area contributed by atoms with Crippen LogP contribution in [0, 0.1) is 0 Å². The van der Waals surface area contributed by atoms with E-state index in [-0.39, 0.29) is 23.9 Å². The number of carbonyl (C=O) groups is 2. The molecule has 4 aromatic carbocycles. The number of fused-ring (bicyclic) bond motifs is 2. The predicted molar refractivity (Wildman–Crippen MR) is 154 cm³/mol. The summed E-state index contributed by atoms with van der Waals surface area (Å²) in [6, 6.07) is 37.6. The highest BCUT2D eigenvalue weighted by Gasteiger charge is 2.59. The van der Waals surface area contributed by atoms with E-state index in [1.54, 1.807) is 0 Å². The van der Waals surface area contributed by atoms with E-state index in [1.165, 1.54) is 0 Å². The van der Waals surface area contributed by atoms with Crippen LogP contribution < -0.4 is 0 Å². The number of amides is 2. The Hall–Kier alpha value is -4.18. The molecule has 0 unspecified atom stereocenters. The maximum Gasteiger partial charge on any atom is 0.250 e. The van der Waals surface area contributed by atoms with Gasteiger partial charge in [-0.05, 0) is 41.7 Å². The van der Waals surface area contributed by atoms with E-state index in [0.717, 1.165) is 27.8 Å². The minimum atomic E-state index is -1.07. The second-order valence-corrected chi connectivity index (χ2v) is 11.0. The Morgan fingerprint density at radius 3 is 1.82 bits per heavy atom. The Morgan fingerprint density at radius 1 is 0.692 bits per heavy atom. The van der Waals surface area contributed by atoms with E-state index >= 15 is 4.79 Å². The molecule has 4 atom stereocenters. The Balaban J connectivity index is 1.58. The van der Waals surface area contributed by atoms with Gasteiger partial charge in [0.05, 0.1) is 12.1 Å². The minimum absolute atomic E-state index is 0.0270. The molecule has 2 bridgehead atoms. The van der Waals surface area contributed by atoms with Gasteiger partial charge in [0.25, 0.3) is 0 Å². The lowest BCUT2D eigenvalue weighted by Crippen LogP contribution is -2.74. The number of piperazine rings is 1. The Kier molecular flexibility index (Phi) is 6.56. The summed E-state index contributed by atoms with van der Waals surface area (Å²) in [6.07, 6.45) is 1.44. The molecule has 7 rings (SSSR count). The third-order valence-corrected chi connectivity index (χ3v) is 8.67. The molecule has 4 nitrogen and oxygen atoms in total. The summed E-state index contributed by atoms with van der Waals surface area (Å²) in [7, 11) is 0. The lowest BCUT2D eigenvalue weighted by atomic mass is 9.73. The molecule has 39 heavy (non-hydrogen) atoms. The molecular weight excluding hydrogens is 480 g/mol. The molecule has 3 aliphatic rings. The van der Waals surface area contributed by atoms with Gasteiger partial charge in [-0.2, -0.15) is 0 Å². The number of hydrogen-bond donors (Lipinski definition) is 0. The van der Waals surface area contributed by atoms with Crippen LogP contribution in [0.25, 0.3) is 0 Å². The molecule has 1 saturated heterocycles. The van der Waals surface area contributed by atoms with E-state index in [0.29, 0.717) is 19.3 Å². The Bertz CT molecular complexity index is 1470. The van der Waals surface area contributed by atoms with Gasteiger partial charge in [-0.1, -0.05) is 115 Å². The Morgan fingerprint density at radius 2 is 1.21 bits per heavy atom. The zero-order valence-corrected chi connectivity index (χ0v) is 22.5. The predicted octanol–water partition coefficient (Wildman–Crippen LogP) is 6.33. The van der Waals surface area contributed by atoms with Gasteiger partial charge in [0, 0.05) is 19.3 Å². The summed E-state index contributed by atoms with van der Waals surface area (Å²) < 4.78 is 0. The highest BCUT2D eigenvalue weighted by Crippen LogP contribution is 2.45. The van der Waals surface area contributed by atoms with E-state index in [1.807, 2.05) is 76.5 Å². The molecule has 1 fully saturated rings. The molecule has 0 aliphatic carbocycles. The van der Waals surface area contributed by atoms with Crippen molar-refractivity contribution in [3.05, 3.63) is 143 Å². The summed E-state index contributed by atoms with van der Waals surface area (Å²) in [5.74, 6) is 0.0590. The minimum Gasteiger partial charge on any atom is -0.321 e. The molecule has 3 aliphatic heterocycles. The van der Waals surface area contributed by atoms with E-state index < -0.39 is 11.6 Å². The smallest absolute Gasteiger partial charge is 0.250 e. The molecule has 4 heteroatoms. The molecule has 0 radical (unpaired) electrons. The summed E-state index contributed by atoms with van der Waals surface area (Å²) in [6.45, 7) is 4.13. The van der Waals surface area contributed by atoms with Gasteiger partial charge in [-0.25, -0.2) is 0 Å². The molecule has 4 aromatic rings.